The molecule has 1 aromatic carbocycles. The van der Waals surface area contributed by atoms with E-state index in [1.807, 2.05) is 19.1 Å². The first-order valence-electron chi connectivity index (χ1n) is 4.55. The maximum Gasteiger partial charge on any atom is 0.327 e. The predicted molar refractivity (Wildman–Crippen MR) is 68.8 cm³/mol. The van der Waals surface area contributed by atoms with Crippen molar-refractivity contribution in [2.45, 2.75) is 6.92 Å². The SMILES string of the molecule is Cc1cc(Oc2nc(Cl)nc(Cl)n2)ccc1Br. The number of halogens is 3. The highest BCUT2D eigenvalue weighted by Crippen LogP contribution is 2.25. The number of hydrogen-bond donors (Lipinski definition) is 0. The van der Waals surface area contributed by atoms with Crippen LogP contribution in [0.2, 0.25) is 10.6 Å². The topological polar surface area (TPSA) is 47.9 Å². The van der Waals surface area contributed by atoms with Crippen molar-refractivity contribution in [3.05, 3.63) is 38.8 Å². The summed E-state index contributed by atoms with van der Waals surface area (Å²) in [5, 5.41) is -0.0114. The molecule has 0 unspecified atom stereocenters. The summed E-state index contributed by atoms with van der Waals surface area (Å²) >= 11 is 14.7. The zero-order chi connectivity index (χ0) is 12.4. The average Bonchev–Trinajstić information content (AvgIpc) is 2.22. The van der Waals surface area contributed by atoms with Crippen molar-refractivity contribution < 1.29 is 4.74 Å². The zero-order valence-electron chi connectivity index (χ0n) is 8.62. The molecule has 0 radical (unpaired) electrons. The van der Waals surface area contributed by atoms with Crippen LogP contribution in [-0.4, -0.2) is 15.0 Å². The fourth-order valence-corrected chi connectivity index (χ4v) is 1.74. The van der Waals surface area contributed by atoms with E-state index in [0.717, 1.165) is 10.0 Å². The van der Waals surface area contributed by atoms with E-state index in [-0.39, 0.29) is 16.6 Å². The molecule has 0 atom stereocenters. The van der Waals surface area contributed by atoms with Crippen molar-refractivity contribution in [1.82, 2.24) is 15.0 Å². The standard InChI is InChI=1S/C10H6BrCl2N3O/c1-5-4-6(2-3-7(5)11)17-10-15-8(12)14-9(13)16-10/h2-4H,1H3. The number of nitrogens with zero attached hydrogens (tertiary/aromatic N) is 3. The van der Waals surface area contributed by atoms with E-state index in [1.165, 1.54) is 0 Å². The van der Waals surface area contributed by atoms with Crippen molar-refractivity contribution in [2.24, 2.45) is 0 Å². The van der Waals surface area contributed by atoms with E-state index >= 15 is 0 Å². The van der Waals surface area contributed by atoms with Crippen molar-refractivity contribution >= 4 is 39.1 Å². The smallest absolute Gasteiger partial charge is 0.327 e. The Morgan fingerprint density at radius 3 is 2.35 bits per heavy atom. The van der Waals surface area contributed by atoms with Gasteiger partial charge in [0, 0.05) is 4.47 Å². The Labute approximate surface area is 116 Å². The first-order valence-corrected chi connectivity index (χ1v) is 6.10. The molecule has 0 aliphatic heterocycles. The molecule has 0 N–H and O–H groups in total. The minimum Gasteiger partial charge on any atom is -0.424 e. The summed E-state index contributed by atoms with van der Waals surface area (Å²) < 4.78 is 6.42. The van der Waals surface area contributed by atoms with Gasteiger partial charge in [-0.2, -0.15) is 15.0 Å². The van der Waals surface area contributed by atoms with E-state index in [1.54, 1.807) is 6.07 Å². The van der Waals surface area contributed by atoms with Gasteiger partial charge in [0.15, 0.2) is 0 Å². The number of benzene rings is 1. The molecule has 17 heavy (non-hydrogen) atoms. The number of aromatic nitrogens is 3. The number of rotatable bonds is 2. The van der Waals surface area contributed by atoms with Crippen molar-refractivity contribution in [3.8, 4) is 11.8 Å². The lowest BCUT2D eigenvalue weighted by Crippen LogP contribution is -1.95. The van der Waals surface area contributed by atoms with Gasteiger partial charge in [0.05, 0.1) is 0 Å². The monoisotopic (exact) mass is 333 g/mol. The fraction of sp³-hybridized carbons (Fsp3) is 0.100. The van der Waals surface area contributed by atoms with E-state index in [2.05, 4.69) is 30.9 Å². The number of aryl methyl sites for hydroxylation is 1. The summed E-state index contributed by atoms with van der Waals surface area (Å²) in [7, 11) is 0. The van der Waals surface area contributed by atoms with Gasteiger partial charge in [-0.3, -0.25) is 0 Å². The van der Waals surface area contributed by atoms with Gasteiger partial charge in [0.1, 0.15) is 5.75 Å². The molecule has 88 valence electrons. The van der Waals surface area contributed by atoms with E-state index in [4.69, 9.17) is 27.9 Å². The molecule has 0 aliphatic carbocycles. The van der Waals surface area contributed by atoms with Crippen LogP contribution in [0.3, 0.4) is 0 Å². The summed E-state index contributed by atoms with van der Waals surface area (Å²) in [6, 6.07) is 5.56. The van der Waals surface area contributed by atoms with Gasteiger partial charge in [-0.25, -0.2) is 0 Å². The van der Waals surface area contributed by atoms with Gasteiger partial charge in [0.25, 0.3) is 0 Å². The lowest BCUT2D eigenvalue weighted by atomic mass is 10.2. The van der Waals surface area contributed by atoms with Crippen molar-refractivity contribution in [2.75, 3.05) is 0 Å². The second kappa shape index (κ2) is 5.16. The van der Waals surface area contributed by atoms with Crippen LogP contribution in [-0.2, 0) is 0 Å². The molecule has 1 heterocycles. The normalized spacial score (nSPS) is 10.4. The minimum atomic E-state index is -0.00571. The van der Waals surface area contributed by atoms with Crippen LogP contribution in [0.4, 0.5) is 0 Å². The molecule has 0 bridgehead atoms. The van der Waals surface area contributed by atoms with Gasteiger partial charge in [-0.15, -0.1) is 0 Å². The summed E-state index contributed by atoms with van der Waals surface area (Å²) in [6.45, 7) is 1.95. The van der Waals surface area contributed by atoms with Crippen molar-refractivity contribution in [1.29, 1.82) is 0 Å². The van der Waals surface area contributed by atoms with Crippen LogP contribution >= 0.6 is 39.1 Å². The third-order valence-corrected chi connectivity index (χ3v) is 3.13. The largest absolute Gasteiger partial charge is 0.424 e. The molecule has 2 aromatic rings. The summed E-state index contributed by atoms with van der Waals surface area (Å²) in [5.41, 5.74) is 1.04. The molecular weight excluding hydrogens is 329 g/mol. The van der Waals surface area contributed by atoms with Gasteiger partial charge in [-0.05, 0) is 53.9 Å². The van der Waals surface area contributed by atoms with Crippen molar-refractivity contribution in [3.63, 3.8) is 0 Å². The Bertz CT molecular complexity index is 545. The van der Waals surface area contributed by atoms with Crippen LogP contribution in [0.25, 0.3) is 0 Å². The van der Waals surface area contributed by atoms with Gasteiger partial charge < -0.3 is 4.74 Å². The average molecular weight is 335 g/mol. The Kier molecular flexibility index (Phi) is 3.81. The highest BCUT2D eigenvalue weighted by Gasteiger charge is 2.06. The lowest BCUT2D eigenvalue weighted by Gasteiger charge is -2.05. The van der Waals surface area contributed by atoms with E-state index < -0.39 is 0 Å². The van der Waals surface area contributed by atoms with E-state index in [9.17, 15) is 0 Å². The Morgan fingerprint density at radius 1 is 1.12 bits per heavy atom. The molecular formula is C10H6BrCl2N3O. The fourth-order valence-electron chi connectivity index (χ4n) is 1.14. The second-order valence-corrected chi connectivity index (χ2v) is 4.70. The molecule has 0 fully saturated rings. The van der Waals surface area contributed by atoms with Crippen LogP contribution in [0, 0.1) is 6.92 Å². The molecule has 0 spiro atoms. The Balaban J connectivity index is 2.28. The minimum absolute atomic E-state index is 0.00571. The third kappa shape index (κ3) is 3.28. The lowest BCUT2D eigenvalue weighted by molar-refractivity contribution is 0.439. The highest BCUT2D eigenvalue weighted by molar-refractivity contribution is 9.10. The van der Waals surface area contributed by atoms with Gasteiger partial charge in [-0.1, -0.05) is 15.9 Å². The highest BCUT2D eigenvalue weighted by atomic mass is 79.9. The first-order chi connectivity index (χ1) is 8.04. The van der Waals surface area contributed by atoms with Crippen LogP contribution < -0.4 is 4.74 Å². The molecule has 0 amide bonds. The molecule has 0 saturated carbocycles. The second-order valence-electron chi connectivity index (χ2n) is 3.17. The summed E-state index contributed by atoms with van der Waals surface area (Å²) in [6.07, 6.45) is 0. The molecule has 0 saturated heterocycles. The molecule has 1 aromatic heterocycles. The summed E-state index contributed by atoms with van der Waals surface area (Å²) in [5.74, 6) is 0.601. The van der Waals surface area contributed by atoms with Gasteiger partial charge in [0.2, 0.25) is 10.6 Å². The maximum absolute atomic E-state index is 5.64. The molecule has 7 heteroatoms. The summed E-state index contributed by atoms with van der Waals surface area (Å²) in [4.78, 5) is 11.2. The maximum atomic E-state index is 5.64. The van der Waals surface area contributed by atoms with E-state index in [0.29, 0.717) is 5.75 Å². The molecule has 4 nitrogen and oxygen atoms in total. The Hall–Kier alpha value is -0.910. The van der Waals surface area contributed by atoms with Crippen LogP contribution in [0.5, 0.6) is 11.8 Å². The first kappa shape index (κ1) is 12.5. The molecule has 0 aliphatic rings. The Morgan fingerprint density at radius 2 is 1.76 bits per heavy atom. The number of ether oxygens (including phenoxy) is 1. The third-order valence-electron chi connectivity index (χ3n) is 1.90. The number of hydrogen-bond acceptors (Lipinski definition) is 4. The quantitative estimate of drug-likeness (QED) is 0.831. The van der Waals surface area contributed by atoms with Crippen LogP contribution in [0.15, 0.2) is 22.7 Å². The molecule has 2 rings (SSSR count). The predicted octanol–water partition coefficient (Wildman–Crippen LogP) is 4.04. The van der Waals surface area contributed by atoms with Crippen LogP contribution in [0.1, 0.15) is 5.56 Å². The van der Waals surface area contributed by atoms with Gasteiger partial charge >= 0.3 is 6.01 Å². The zero-order valence-corrected chi connectivity index (χ0v) is 11.7.